The molecule has 1 heterocycles. The first kappa shape index (κ1) is 13.9. The number of amides is 1. The minimum atomic E-state index is -0.0727. The van der Waals surface area contributed by atoms with Crippen molar-refractivity contribution in [2.45, 2.75) is 25.8 Å². The molecule has 108 valence electrons. The van der Waals surface area contributed by atoms with E-state index in [9.17, 15) is 4.79 Å². The zero-order valence-electron chi connectivity index (χ0n) is 11.7. The number of anilines is 2. The molecule has 0 unspecified atom stereocenters. The van der Waals surface area contributed by atoms with Crippen LogP contribution in [0.5, 0.6) is 0 Å². The van der Waals surface area contributed by atoms with E-state index in [1.54, 1.807) is 18.5 Å². The Kier molecular flexibility index (Phi) is 3.80. The van der Waals surface area contributed by atoms with Gasteiger partial charge in [0.25, 0.3) is 5.91 Å². The van der Waals surface area contributed by atoms with Gasteiger partial charge in [-0.05, 0) is 43.5 Å². The van der Waals surface area contributed by atoms with E-state index in [1.165, 1.54) is 0 Å². The second-order valence-corrected chi connectivity index (χ2v) is 5.65. The number of hydrogen-bond acceptors (Lipinski definition) is 3. The van der Waals surface area contributed by atoms with Gasteiger partial charge in [-0.15, -0.1) is 0 Å². The van der Waals surface area contributed by atoms with E-state index < -0.39 is 0 Å². The molecule has 1 amide bonds. The minimum Gasteiger partial charge on any atom is -0.354 e. The summed E-state index contributed by atoms with van der Waals surface area (Å²) < 4.78 is 0. The molecule has 0 saturated heterocycles. The highest BCUT2D eigenvalue weighted by Gasteiger charge is 2.23. The molecule has 0 atom stereocenters. The van der Waals surface area contributed by atoms with Crippen LogP contribution < -0.4 is 10.6 Å². The molecular formula is C16H16ClN3O. The number of nitrogens with zero attached hydrogens (tertiary/aromatic N) is 1. The van der Waals surface area contributed by atoms with Crippen molar-refractivity contribution >= 4 is 28.9 Å². The molecule has 0 spiro atoms. The summed E-state index contributed by atoms with van der Waals surface area (Å²) in [6, 6.07) is 7.81. The van der Waals surface area contributed by atoms with Crippen LogP contribution in [0.1, 0.15) is 28.8 Å². The van der Waals surface area contributed by atoms with Gasteiger partial charge in [0, 0.05) is 22.9 Å². The molecule has 21 heavy (non-hydrogen) atoms. The monoisotopic (exact) mass is 301 g/mol. The van der Waals surface area contributed by atoms with Gasteiger partial charge in [0.05, 0.1) is 17.4 Å². The van der Waals surface area contributed by atoms with Crippen molar-refractivity contribution in [3.63, 3.8) is 0 Å². The molecule has 0 radical (unpaired) electrons. The van der Waals surface area contributed by atoms with Gasteiger partial charge in [0.2, 0.25) is 0 Å². The molecule has 1 fully saturated rings. The molecule has 1 aliphatic rings. The standard InChI is InChI=1S/C16H16ClN3O/c1-10-14(17)3-2-4-15(10)19-13-7-11(8-18-9-13)16(21)20-12-5-6-12/h2-4,7-9,12,19H,5-6H2,1H3,(H,20,21). The maximum atomic E-state index is 12.0. The predicted octanol–water partition coefficient (Wildman–Crippen LogP) is 3.68. The fourth-order valence-corrected chi connectivity index (χ4v) is 2.20. The second kappa shape index (κ2) is 5.74. The summed E-state index contributed by atoms with van der Waals surface area (Å²) in [6.45, 7) is 1.95. The van der Waals surface area contributed by atoms with Gasteiger partial charge < -0.3 is 10.6 Å². The van der Waals surface area contributed by atoms with E-state index >= 15 is 0 Å². The molecule has 4 nitrogen and oxygen atoms in total. The van der Waals surface area contributed by atoms with Crippen LogP contribution in [0.15, 0.2) is 36.7 Å². The third-order valence-corrected chi connectivity index (χ3v) is 3.87. The van der Waals surface area contributed by atoms with Crippen LogP contribution in [-0.4, -0.2) is 16.9 Å². The van der Waals surface area contributed by atoms with Crippen LogP contribution in [0.3, 0.4) is 0 Å². The van der Waals surface area contributed by atoms with Crippen LogP contribution in [0, 0.1) is 6.92 Å². The maximum absolute atomic E-state index is 12.0. The molecule has 1 aliphatic carbocycles. The highest BCUT2D eigenvalue weighted by atomic mass is 35.5. The SMILES string of the molecule is Cc1c(Cl)cccc1Nc1cncc(C(=O)NC2CC2)c1. The molecule has 1 saturated carbocycles. The fourth-order valence-electron chi connectivity index (χ4n) is 2.03. The van der Waals surface area contributed by atoms with Gasteiger partial charge in [0.15, 0.2) is 0 Å². The summed E-state index contributed by atoms with van der Waals surface area (Å²) in [4.78, 5) is 16.1. The van der Waals surface area contributed by atoms with Crippen LogP contribution >= 0.6 is 11.6 Å². The molecular weight excluding hydrogens is 286 g/mol. The molecule has 5 heteroatoms. The van der Waals surface area contributed by atoms with E-state index in [1.807, 2.05) is 25.1 Å². The lowest BCUT2D eigenvalue weighted by Crippen LogP contribution is -2.25. The highest BCUT2D eigenvalue weighted by molar-refractivity contribution is 6.31. The average molecular weight is 302 g/mol. The highest BCUT2D eigenvalue weighted by Crippen LogP contribution is 2.26. The summed E-state index contributed by atoms with van der Waals surface area (Å²) in [5.74, 6) is -0.0727. The Bertz CT molecular complexity index is 683. The van der Waals surface area contributed by atoms with Crippen molar-refractivity contribution in [1.29, 1.82) is 0 Å². The lowest BCUT2D eigenvalue weighted by Gasteiger charge is -2.11. The number of nitrogens with one attached hydrogen (secondary N) is 2. The number of benzene rings is 1. The van der Waals surface area contributed by atoms with Gasteiger partial charge >= 0.3 is 0 Å². The third kappa shape index (κ3) is 3.34. The molecule has 0 bridgehead atoms. The summed E-state index contributed by atoms with van der Waals surface area (Å²) in [5, 5.41) is 6.91. The quantitative estimate of drug-likeness (QED) is 0.906. The number of carbonyl (C=O) groups is 1. The van der Waals surface area contributed by atoms with Crippen molar-refractivity contribution in [2.75, 3.05) is 5.32 Å². The lowest BCUT2D eigenvalue weighted by atomic mass is 10.2. The number of pyridine rings is 1. The number of hydrogen-bond donors (Lipinski definition) is 2. The Morgan fingerprint density at radius 2 is 2.14 bits per heavy atom. The Labute approximate surface area is 128 Å². The summed E-state index contributed by atoms with van der Waals surface area (Å²) in [6.07, 6.45) is 5.40. The van der Waals surface area contributed by atoms with Gasteiger partial charge in [0.1, 0.15) is 0 Å². The maximum Gasteiger partial charge on any atom is 0.253 e. The topological polar surface area (TPSA) is 54.0 Å². The molecule has 2 aromatic rings. The Morgan fingerprint density at radius 3 is 2.90 bits per heavy atom. The Balaban J connectivity index is 1.79. The zero-order valence-corrected chi connectivity index (χ0v) is 12.4. The summed E-state index contributed by atoms with van der Waals surface area (Å²) >= 11 is 6.11. The van der Waals surface area contributed by atoms with Crippen molar-refractivity contribution < 1.29 is 4.79 Å². The van der Waals surface area contributed by atoms with Crippen molar-refractivity contribution in [1.82, 2.24) is 10.3 Å². The van der Waals surface area contributed by atoms with Crippen molar-refractivity contribution in [3.05, 3.63) is 52.8 Å². The van der Waals surface area contributed by atoms with E-state index in [0.29, 0.717) is 16.6 Å². The molecule has 1 aromatic carbocycles. The molecule has 2 N–H and O–H groups in total. The molecule has 0 aliphatic heterocycles. The zero-order chi connectivity index (χ0) is 14.8. The van der Waals surface area contributed by atoms with Gasteiger partial charge in [-0.2, -0.15) is 0 Å². The first-order valence-corrected chi connectivity index (χ1v) is 7.29. The van der Waals surface area contributed by atoms with Crippen molar-refractivity contribution in [2.24, 2.45) is 0 Å². The first-order valence-electron chi connectivity index (χ1n) is 6.91. The average Bonchev–Trinajstić information content (AvgIpc) is 3.28. The van der Waals surface area contributed by atoms with Crippen LogP contribution in [0.25, 0.3) is 0 Å². The van der Waals surface area contributed by atoms with Crippen LogP contribution in [0.2, 0.25) is 5.02 Å². The third-order valence-electron chi connectivity index (χ3n) is 3.46. The predicted molar refractivity (Wildman–Crippen MR) is 84.2 cm³/mol. The van der Waals surface area contributed by atoms with Crippen molar-refractivity contribution in [3.8, 4) is 0 Å². The lowest BCUT2D eigenvalue weighted by molar-refractivity contribution is 0.0951. The van der Waals surface area contributed by atoms with Gasteiger partial charge in [-0.1, -0.05) is 17.7 Å². The Morgan fingerprint density at radius 1 is 1.33 bits per heavy atom. The summed E-state index contributed by atoms with van der Waals surface area (Å²) in [7, 11) is 0. The number of aromatic nitrogens is 1. The van der Waals surface area contributed by atoms with Gasteiger partial charge in [-0.3, -0.25) is 9.78 Å². The number of rotatable bonds is 4. The molecule has 1 aromatic heterocycles. The molecule has 3 rings (SSSR count). The second-order valence-electron chi connectivity index (χ2n) is 5.25. The van der Waals surface area contributed by atoms with Crippen LogP contribution in [0.4, 0.5) is 11.4 Å². The largest absolute Gasteiger partial charge is 0.354 e. The normalized spacial score (nSPS) is 13.8. The fraction of sp³-hybridized carbons (Fsp3) is 0.250. The van der Waals surface area contributed by atoms with E-state index in [2.05, 4.69) is 15.6 Å². The van der Waals surface area contributed by atoms with E-state index in [4.69, 9.17) is 11.6 Å². The smallest absolute Gasteiger partial charge is 0.253 e. The number of halogens is 1. The van der Waals surface area contributed by atoms with E-state index in [-0.39, 0.29) is 5.91 Å². The number of carbonyl (C=O) groups excluding carboxylic acids is 1. The summed E-state index contributed by atoms with van der Waals surface area (Å²) in [5.41, 5.74) is 3.20. The first-order chi connectivity index (χ1) is 10.1. The van der Waals surface area contributed by atoms with Crippen LogP contribution in [-0.2, 0) is 0 Å². The van der Waals surface area contributed by atoms with Gasteiger partial charge in [-0.25, -0.2) is 0 Å². The van der Waals surface area contributed by atoms with E-state index in [0.717, 1.165) is 29.8 Å². The Hall–Kier alpha value is -2.07. The minimum absolute atomic E-state index is 0.0727.